The lowest BCUT2D eigenvalue weighted by Gasteiger charge is -2.07. The summed E-state index contributed by atoms with van der Waals surface area (Å²) >= 11 is 0. The zero-order valence-electron chi connectivity index (χ0n) is 13.2. The van der Waals surface area contributed by atoms with E-state index in [0.29, 0.717) is 19.4 Å². The third-order valence-corrected chi connectivity index (χ3v) is 4.02. The summed E-state index contributed by atoms with van der Waals surface area (Å²) in [5.41, 5.74) is 5.30. The van der Waals surface area contributed by atoms with Crippen LogP contribution in [0.15, 0.2) is 42.5 Å². The minimum Gasteiger partial charge on any atom is -0.355 e. The molecule has 0 aliphatic carbocycles. The molecule has 23 heavy (non-hydrogen) atoms. The van der Waals surface area contributed by atoms with E-state index in [1.807, 2.05) is 49.4 Å². The number of hydrogen-bond acceptors (Lipinski definition) is 2. The average Bonchev–Trinajstić information content (AvgIpc) is 2.89. The molecule has 1 aliphatic rings. The fraction of sp³-hybridized carbons (Fsp3) is 0.263. The van der Waals surface area contributed by atoms with E-state index in [1.54, 1.807) is 0 Å². The van der Waals surface area contributed by atoms with Crippen molar-refractivity contribution < 1.29 is 9.59 Å². The molecule has 0 saturated heterocycles. The van der Waals surface area contributed by atoms with E-state index in [9.17, 15) is 9.59 Å². The van der Waals surface area contributed by atoms with Crippen LogP contribution in [0.25, 0.3) is 0 Å². The zero-order valence-corrected chi connectivity index (χ0v) is 13.2. The molecule has 4 heteroatoms. The number of hydrogen-bond donors (Lipinski definition) is 2. The van der Waals surface area contributed by atoms with Crippen LogP contribution in [-0.2, 0) is 28.9 Å². The number of aryl methyl sites for hydroxylation is 1. The van der Waals surface area contributed by atoms with Crippen molar-refractivity contribution >= 4 is 17.5 Å². The minimum atomic E-state index is 0.0341. The van der Waals surface area contributed by atoms with Gasteiger partial charge in [0.05, 0.1) is 12.8 Å². The van der Waals surface area contributed by atoms with Crippen molar-refractivity contribution in [1.29, 1.82) is 0 Å². The van der Waals surface area contributed by atoms with Crippen LogP contribution >= 0.6 is 0 Å². The van der Waals surface area contributed by atoms with E-state index in [0.717, 1.165) is 28.8 Å². The number of amides is 2. The van der Waals surface area contributed by atoms with Crippen LogP contribution in [-0.4, -0.2) is 18.4 Å². The average molecular weight is 308 g/mol. The second-order valence-corrected chi connectivity index (χ2v) is 5.98. The molecule has 0 aromatic heterocycles. The summed E-state index contributed by atoms with van der Waals surface area (Å²) in [5, 5.41) is 5.77. The minimum absolute atomic E-state index is 0.0341. The quantitative estimate of drug-likeness (QED) is 0.891. The Morgan fingerprint density at radius 3 is 2.65 bits per heavy atom. The molecule has 0 bridgehead atoms. The maximum atomic E-state index is 12.0. The zero-order chi connectivity index (χ0) is 16.2. The summed E-state index contributed by atoms with van der Waals surface area (Å²) in [4.78, 5) is 23.3. The first-order chi connectivity index (χ1) is 11.1. The van der Waals surface area contributed by atoms with E-state index >= 15 is 0 Å². The third kappa shape index (κ3) is 3.97. The van der Waals surface area contributed by atoms with Gasteiger partial charge in [0.2, 0.25) is 11.8 Å². The number of benzene rings is 2. The largest absolute Gasteiger partial charge is 0.355 e. The van der Waals surface area contributed by atoms with E-state index < -0.39 is 0 Å². The van der Waals surface area contributed by atoms with Crippen LogP contribution in [0, 0.1) is 6.92 Å². The number of anilines is 1. The summed E-state index contributed by atoms with van der Waals surface area (Å²) in [6.45, 7) is 2.63. The Morgan fingerprint density at radius 2 is 1.87 bits per heavy atom. The van der Waals surface area contributed by atoms with Crippen LogP contribution in [0.2, 0.25) is 0 Å². The Morgan fingerprint density at radius 1 is 1.13 bits per heavy atom. The summed E-state index contributed by atoms with van der Waals surface area (Å²) in [6, 6.07) is 14.0. The highest BCUT2D eigenvalue weighted by Crippen LogP contribution is 2.23. The van der Waals surface area contributed by atoms with Gasteiger partial charge < -0.3 is 10.6 Å². The normalized spacial score (nSPS) is 12.7. The van der Waals surface area contributed by atoms with Gasteiger partial charge in [0.1, 0.15) is 0 Å². The Kier molecular flexibility index (Phi) is 4.42. The van der Waals surface area contributed by atoms with Gasteiger partial charge in [0.15, 0.2) is 0 Å². The van der Waals surface area contributed by atoms with Gasteiger partial charge in [-0.1, -0.05) is 42.0 Å². The Labute approximate surface area is 135 Å². The molecule has 2 aromatic carbocycles. The van der Waals surface area contributed by atoms with E-state index in [4.69, 9.17) is 0 Å². The molecule has 2 amide bonds. The molecule has 1 heterocycles. The first kappa shape index (κ1) is 15.3. The molecule has 2 aromatic rings. The second-order valence-electron chi connectivity index (χ2n) is 5.98. The smallest absolute Gasteiger partial charge is 0.228 e. The summed E-state index contributed by atoms with van der Waals surface area (Å²) < 4.78 is 0. The van der Waals surface area contributed by atoms with Gasteiger partial charge in [-0.15, -0.1) is 0 Å². The van der Waals surface area contributed by atoms with E-state index in [1.165, 1.54) is 5.56 Å². The first-order valence-electron chi connectivity index (χ1n) is 7.84. The highest BCUT2D eigenvalue weighted by atomic mass is 16.2. The van der Waals surface area contributed by atoms with Gasteiger partial charge >= 0.3 is 0 Å². The molecular formula is C19H20N2O2. The summed E-state index contributed by atoms with van der Waals surface area (Å²) in [5.74, 6) is 0.0791. The van der Waals surface area contributed by atoms with Gasteiger partial charge in [-0.05, 0) is 36.1 Å². The SMILES string of the molecule is Cc1ccc(CC(=O)NCCc2ccc3c(c2)CC(=O)N3)cc1. The number of carbonyl (C=O) groups is 2. The summed E-state index contributed by atoms with van der Waals surface area (Å²) in [7, 11) is 0. The molecule has 0 radical (unpaired) electrons. The maximum absolute atomic E-state index is 12.0. The number of fused-ring (bicyclic) bond motifs is 1. The molecular weight excluding hydrogens is 288 g/mol. The first-order valence-corrected chi connectivity index (χ1v) is 7.84. The van der Waals surface area contributed by atoms with Crippen molar-refractivity contribution in [3.63, 3.8) is 0 Å². The molecule has 3 rings (SSSR count). The van der Waals surface area contributed by atoms with Gasteiger partial charge in [-0.3, -0.25) is 9.59 Å². The fourth-order valence-corrected chi connectivity index (χ4v) is 2.74. The Hall–Kier alpha value is -2.62. The van der Waals surface area contributed by atoms with E-state index in [-0.39, 0.29) is 11.8 Å². The highest BCUT2D eigenvalue weighted by Gasteiger charge is 2.17. The van der Waals surface area contributed by atoms with Crippen molar-refractivity contribution in [3.8, 4) is 0 Å². The van der Waals surface area contributed by atoms with Crippen LogP contribution in [0.5, 0.6) is 0 Å². The van der Waals surface area contributed by atoms with Crippen LogP contribution in [0.4, 0.5) is 5.69 Å². The van der Waals surface area contributed by atoms with Crippen LogP contribution in [0.3, 0.4) is 0 Å². The molecule has 0 atom stereocenters. The van der Waals surface area contributed by atoms with Crippen molar-refractivity contribution in [2.75, 3.05) is 11.9 Å². The second kappa shape index (κ2) is 6.65. The Balaban J connectivity index is 1.48. The molecule has 118 valence electrons. The molecule has 0 saturated carbocycles. The fourth-order valence-electron chi connectivity index (χ4n) is 2.74. The molecule has 0 spiro atoms. The molecule has 1 aliphatic heterocycles. The lowest BCUT2D eigenvalue weighted by molar-refractivity contribution is -0.120. The standard InChI is InChI=1S/C19H20N2O2/c1-13-2-4-14(5-3-13)11-18(22)20-9-8-15-6-7-17-16(10-15)12-19(23)21-17/h2-7,10H,8-9,11-12H2,1H3,(H,20,22)(H,21,23). The maximum Gasteiger partial charge on any atom is 0.228 e. The number of carbonyl (C=O) groups excluding carboxylic acids is 2. The highest BCUT2D eigenvalue weighted by molar-refractivity contribution is 5.99. The van der Waals surface area contributed by atoms with Crippen molar-refractivity contribution in [3.05, 3.63) is 64.7 Å². The summed E-state index contributed by atoms with van der Waals surface area (Å²) in [6.07, 6.45) is 1.62. The van der Waals surface area contributed by atoms with Gasteiger partial charge in [0, 0.05) is 12.2 Å². The molecule has 0 fully saturated rings. The van der Waals surface area contributed by atoms with Gasteiger partial charge in [-0.25, -0.2) is 0 Å². The third-order valence-electron chi connectivity index (χ3n) is 4.02. The molecule has 2 N–H and O–H groups in total. The predicted octanol–water partition coefficient (Wildman–Crippen LogP) is 2.39. The molecule has 4 nitrogen and oxygen atoms in total. The van der Waals surface area contributed by atoms with Gasteiger partial charge in [0.25, 0.3) is 0 Å². The van der Waals surface area contributed by atoms with Crippen molar-refractivity contribution in [2.24, 2.45) is 0 Å². The Bertz CT molecular complexity index is 736. The van der Waals surface area contributed by atoms with Crippen molar-refractivity contribution in [1.82, 2.24) is 5.32 Å². The predicted molar refractivity (Wildman–Crippen MR) is 90.4 cm³/mol. The molecule has 0 unspecified atom stereocenters. The van der Waals surface area contributed by atoms with Crippen LogP contribution < -0.4 is 10.6 Å². The van der Waals surface area contributed by atoms with E-state index in [2.05, 4.69) is 10.6 Å². The van der Waals surface area contributed by atoms with Crippen LogP contribution in [0.1, 0.15) is 22.3 Å². The lowest BCUT2D eigenvalue weighted by Crippen LogP contribution is -2.27. The topological polar surface area (TPSA) is 58.2 Å². The monoisotopic (exact) mass is 308 g/mol. The number of nitrogens with one attached hydrogen (secondary N) is 2. The number of rotatable bonds is 5. The van der Waals surface area contributed by atoms with Gasteiger partial charge in [-0.2, -0.15) is 0 Å². The van der Waals surface area contributed by atoms with Crippen molar-refractivity contribution in [2.45, 2.75) is 26.2 Å². The lowest BCUT2D eigenvalue weighted by atomic mass is 10.1.